The van der Waals surface area contributed by atoms with Crippen molar-refractivity contribution in [1.29, 1.82) is 0 Å². The van der Waals surface area contributed by atoms with E-state index in [4.69, 9.17) is 0 Å². The van der Waals surface area contributed by atoms with Crippen molar-refractivity contribution in [2.75, 3.05) is 18.4 Å². The van der Waals surface area contributed by atoms with Gasteiger partial charge in [0, 0.05) is 35.4 Å². The number of carbonyl (C=O) groups is 2. The molecular formula is C27H26N4O2. The molecule has 3 amide bonds. The van der Waals surface area contributed by atoms with Gasteiger partial charge in [0.1, 0.15) is 6.04 Å². The summed E-state index contributed by atoms with van der Waals surface area (Å²) < 4.78 is 0. The van der Waals surface area contributed by atoms with Gasteiger partial charge in [0.05, 0.1) is 6.54 Å². The van der Waals surface area contributed by atoms with Crippen molar-refractivity contribution in [1.82, 2.24) is 14.8 Å². The van der Waals surface area contributed by atoms with Crippen molar-refractivity contribution in [3.8, 4) is 0 Å². The van der Waals surface area contributed by atoms with Crippen LogP contribution in [0.15, 0.2) is 66.7 Å². The van der Waals surface area contributed by atoms with Crippen LogP contribution in [0.25, 0.3) is 21.7 Å². The summed E-state index contributed by atoms with van der Waals surface area (Å²) in [6, 6.07) is 21.6. The Bertz CT molecular complexity index is 1380. The number of aromatic amines is 1. The van der Waals surface area contributed by atoms with E-state index in [9.17, 15) is 9.59 Å². The summed E-state index contributed by atoms with van der Waals surface area (Å²) in [6.07, 6.45) is 2.38. The van der Waals surface area contributed by atoms with Crippen LogP contribution in [-0.2, 0) is 17.8 Å². The van der Waals surface area contributed by atoms with Gasteiger partial charge in [-0.05, 0) is 53.8 Å². The third-order valence-corrected chi connectivity index (χ3v) is 6.99. The average Bonchev–Trinajstić information content (AvgIpc) is 3.48. The van der Waals surface area contributed by atoms with Crippen molar-refractivity contribution in [2.45, 2.75) is 31.8 Å². The van der Waals surface area contributed by atoms with Gasteiger partial charge in [-0.2, -0.15) is 0 Å². The molecule has 3 aromatic carbocycles. The fourth-order valence-electron chi connectivity index (χ4n) is 5.32. The Labute approximate surface area is 192 Å². The number of anilines is 1. The number of H-pyrrole nitrogens is 1. The molecule has 0 bridgehead atoms. The molecule has 2 aliphatic rings. The summed E-state index contributed by atoms with van der Waals surface area (Å²) in [4.78, 5) is 33.7. The molecule has 6 nitrogen and oxygen atoms in total. The highest BCUT2D eigenvalue weighted by Crippen LogP contribution is 2.29. The van der Waals surface area contributed by atoms with Gasteiger partial charge in [0.25, 0.3) is 0 Å². The molecule has 2 N–H and O–H groups in total. The summed E-state index contributed by atoms with van der Waals surface area (Å²) in [5.41, 5.74) is 4.29. The number of carbonyl (C=O) groups excluding carboxylic acids is 2. The van der Waals surface area contributed by atoms with Crippen molar-refractivity contribution < 1.29 is 9.59 Å². The largest absolute Gasteiger partial charge is 0.357 e. The number of hydrogen-bond acceptors (Lipinski definition) is 2. The zero-order valence-corrected chi connectivity index (χ0v) is 18.4. The Morgan fingerprint density at radius 1 is 0.939 bits per heavy atom. The highest BCUT2D eigenvalue weighted by molar-refractivity contribution is 5.96. The second-order valence-corrected chi connectivity index (χ2v) is 8.98. The molecular weight excluding hydrogens is 412 g/mol. The molecule has 166 valence electrons. The maximum absolute atomic E-state index is 13.5. The van der Waals surface area contributed by atoms with Gasteiger partial charge in [-0.3, -0.25) is 4.79 Å². The lowest BCUT2D eigenvalue weighted by Gasteiger charge is -2.32. The Hall–Kier alpha value is -3.80. The number of nitrogens with zero attached hydrogens (tertiary/aromatic N) is 2. The van der Waals surface area contributed by atoms with E-state index in [-0.39, 0.29) is 11.9 Å². The lowest BCUT2D eigenvalue weighted by Crippen LogP contribution is -2.50. The van der Waals surface area contributed by atoms with E-state index in [2.05, 4.69) is 28.5 Å². The maximum Gasteiger partial charge on any atom is 0.322 e. The number of likely N-dealkylation sites (tertiary alicyclic amines) is 1. The van der Waals surface area contributed by atoms with Crippen LogP contribution in [0, 0.1) is 0 Å². The van der Waals surface area contributed by atoms with E-state index in [1.165, 1.54) is 10.9 Å². The molecule has 4 aromatic rings. The Morgan fingerprint density at radius 3 is 2.67 bits per heavy atom. The second-order valence-electron chi connectivity index (χ2n) is 8.98. The third kappa shape index (κ3) is 3.52. The first-order valence-corrected chi connectivity index (χ1v) is 11.6. The Balaban J connectivity index is 1.18. The molecule has 0 aliphatic carbocycles. The lowest BCUT2D eigenvalue weighted by atomic mass is 10.0. The van der Waals surface area contributed by atoms with E-state index in [1.807, 2.05) is 53.4 Å². The molecule has 6 rings (SSSR count). The van der Waals surface area contributed by atoms with Gasteiger partial charge in [-0.15, -0.1) is 0 Å². The molecule has 1 fully saturated rings. The van der Waals surface area contributed by atoms with Crippen LogP contribution < -0.4 is 5.32 Å². The molecule has 33 heavy (non-hydrogen) atoms. The summed E-state index contributed by atoms with van der Waals surface area (Å²) >= 11 is 0. The number of amides is 3. The topological polar surface area (TPSA) is 68.4 Å². The molecule has 0 radical (unpaired) electrons. The molecule has 0 spiro atoms. The molecule has 1 atom stereocenters. The first-order valence-electron chi connectivity index (χ1n) is 11.6. The average molecular weight is 439 g/mol. The van der Waals surface area contributed by atoms with E-state index in [1.54, 1.807) is 4.90 Å². The molecule has 6 heteroatoms. The van der Waals surface area contributed by atoms with Crippen molar-refractivity contribution in [2.24, 2.45) is 0 Å². The lowest BCUT2D eigenvalue weighted by molar-refractivity contribution is -0.136. The number of benzene rings is 3. The van der Waals surface area contributed by atoms with Crippen LogP contribution in [0.2, 0.25) is 0 Å². The number of aromatic nitrogens is 1. The Morgan fingerprint density at radius 2 is 1.76 bits per heavy atom. The fourth-order valence-corrected chi connectivity index (χ4v) is 5.32. The fraction of sp³-hybridized carbons (Fsp3) is 0.259. The number of rotatable bonds is 2. The van der Waals surface area contributed by atoms with E-state index in [0.29, 0.717) is 26.1 Å². The predicted molar refractivity (Wildman–Crippen MR) is 130 cm³/mol. The van der Waals surface area contributed by atoms with Gasteiger partial charge in [0.15, 0.2) is 0 Å². The van der Waals surface area contributed by atoms with E-state index < -0.39 is 6.04 Å². The molecule has 1 aromatic heterocycles. The van der Waals surface area contributed by atoms with E-state index >= 15 is 0 Å². The summed E-state index contributed by atoms with van der Waals surface area (Å²) in [5.74, 6) is 0.0467. The van der Waals surface area contributed by atoms with Crippen LogP contribution in [-0.4, -0.2) is 45.9 Å². The van der Waals surface area contributed by atoms with Crippen LogP contribution in [0.1, 0.15) is 24.1 Å². The minimum Gasteiger partial charge on any atom is -0.357 e. The number of hydrogen-bond donors (Lipinski definition) is 2. The zero-order valence-electron chi connectivity index (χ0n) is 18.4. The van der Waals surface area contributed by atoms with Gasteiger partial charge < -0.3 is 20.1 Å². The Kier molecular flexibility index (Phi) is 4.79. The summed E-state index contributed by atoms with van der Waals surface area (Å²) in [7, 11) is 0. The number of urea groups is 1. The SMILES string of the molecule is O=C(C1CCCN1C(=O)Nc1ccc2ccccc2c1)N1CCc2c([nH]c3ccccc23)C1. The zero-order chi connectivity index (χ0) is 22.4. The molecule has 2 aliphatic heterocycles. The number of nitrogens with one attached hydrogen (secondary N) is 2. The first-order chi connectivity index (χ1) is 16.2. The monoisotopic (exact) mass is 438 g/mol. The van der Waals surface area contributed by atoms with Gasteiger partial charge in [0.2, 0.25) is 5.91 Å². The van der Waals surface area contributed by atoms with Crippen molar-refractivity contribution >= 4 is 39.3 Å². The van der Waals surface area contributed by atoms with Crippen LogP contribution in [0.4, 0.5) is 10.5 Å². The predicted octanol–water partition coefficient (Wildman–Crippen LogP) is 4.90. The van der Waals surface area contributed by atoms with Crippen molar-refractivity contribution in [3.63, 3.8) is 0 Å². The molecule has 3 heterocycles. The second kappa shape index (κ2) is 7.96. The van der Waals surface area contributed by atoms with Gasteiger partial charge in [-0.25, -0.2) is 4.79 Å². The van der Waals surface area contributed by atoms with Crippen LogP contribution in [0.5, 0.6) is 0 Å². The maximum atomic E-state index is 13.5. The number of fused-ring (bicyclic) bond motifs is 4. The van der Waals surface area contributed by atoms with Crippen LogP contribution >= 0.6 is 0 Å². The standard InChI is InChI=1S/C27H26N4O2/c32-26(30-15-13-22-21-8-3-4-9-23(21)29-24(22)17-30)25-10-5-14-31(25)27(33)28-20-12-11-18-6-1-2-7-19(18)16-20/h1-4,6-9,11-12,16,25,29H,5,10,13-15,17H2,(H,28,33). The highest BCUT2D eigenvalue weighted by Gasteiger charge is 2.38. The van der Waals surface area contributed by atoms with Crippen LogP contribution in [0.3, 0.4) is 0 Å². The van der Waals surface area contributed by atoms with Crippen molar-refractivity contribution in [3.05, 3.63) is 78.0 Å². The van der Waals surface area contributed by atoms with E-state index in [0.717, 1.165) is 40.5 Å². The summed E-state index contributed by atoms with van der Waals surface area (Å²) in [6.45, 7) is 1.85. The third-order valence-electron chi connectivity index (χ3n) is 6.99. The summed E-state index contributed by atoms with van der Waals surface area (Å²) in [5, 5.41) is 6.46. The van der Waals surface area contributed by atoms with Gasteiger partial charge in [-0.1, -0.05) is 48.5 Å². The quantitative estimate of drug-likeness (QED) is 0.467. The molecule has 1 saturated heterocycles. The molecule has 1 unspecified atom stereocenters. The normalized spacial score (nSPS) is 18.0. The minimum absolute atomic E-state index is 0.0467. The minimum atomic E-state index is -0.406. The van der Waals surface area contributed by atoms with Gasteiger partial charge >= 0.3 is 6.03 Å². The smallest absolute Gasteiger partial charge is 0.322 e. The number of para-hydroxylation sites is 1. The molecule has 0 saturated carbocycles. The first kappa shape index (κ1) is 19.9. The highest BCUT2D eigenvalue weighted by atomic mass is 16.2.